The van der Waals surface area contributed by atoms with Gasteiger partial charge in [0.2, 0.25) is 0 Å². The summed E-state index contributed by atoms with van der Waals surface area (Å²) >= 11 is 0. The molecule has 0 aromatic rings. The third kappa shape index (κ3) is 50.2. The van der Waals surface area contributed by atoms with Gasteiger partial charge in [-0.1, -0.05) is 206 Å². The predicted molar refractivity (Wildman–Crippen MR) is 234 cm³/mol. The van der Waals surface area contributed by atoms with Crippen LogP contribution in [0.25, 0.3) is 0 Å². The highest BCUT2D eigenvalue weighted by Gasteiger charge is 2.09. The summed E-state index contributed by atoms with van der Waals surface area (Å²) in [5.74, 6) is -0.546. The molecule has 328 valence electrons. The molecule has 0 radical (unpaired) electrons. The van der Waals surface area contributed by atoms with Crippen molar-refractivity contribution in [3.8, 4) is 0 Å². The predicted octanol–water partition coefficient (Wildman–Crippen LogP) is 13.9. The maximum Gasteiger partial charge on any atom is 0.407 e. The van der Waals surface area contributed by atoms with Crippen molar-refractivity contribution in [1.82, 2.24) is 9.80 Å². The molecule has 0 aliphatic rings. The van der Waals surface area contributed by atoms with E-state index in [1.807, 2.05) is 19.0 Å². The van der Waals surface area contributed by atoms with Gasteiger partial charge in [0, 0.05) is 13.6 Å². The first-order valence-electron chi connectivity index (χ1n) is 23.6. The number of carbonyl (C=O) groups excluding carboxylic acids is 2. The van der Waals surface area contributed by atoms with Gasteiger partial charge in [-0.15, -0.1) is 0 Å². The number of unbranched alkanes of at least 4 members (excludes halogenated alkanes) is 30. The summed E-state index contributed by atoms with van der Waals surface area (Å²) in [6, 6.07) is 0. The van der Waals surface area contributed by atoms with Crippen LogP contribution in [0.5, 0.6) is 0 Å². The Morgan fingerprint density at radius 1 is 0.382 bits per heavy atom. The smallest absolute Gasteiger partial charge is 0.407 e. The van der Waals surface area contributed by atoms with Crippen molar-refractivity contribution in [3.05, 3.63) is 0 Å². The average molecular weight is 783 g/mol. The molecule has 0 atom stereocenters. The molecular weight excluding hydrogens is 689 g/mol. The third-order valence-electron chi connectivity index (χ3n) is 10.5. The van der Waals surface area contributed by atoms with Crippen LogP contribution in [-0.4, -0.2) is 80.4 Å². The summed E-state index contributed by atoms with van der Waals surface area (Å²) in [5.41, 5.74) is 0. The van der Waals surface area contributed by atoms with Crippen LogP contribution in [0.2, 0.25) is 0 Å². The minimum Gasteiger partial charge on any atom is -0.466 e. The van der Waals surface area contributed by atoms with Crippen LogP contribution in [0, 0.1) is 0 Å². The Labute approximate surface area is 342 Å². The number of hydrogen-bond acceptors (Lipinski definition) is 6. The quantitative estimate of drug-likeness (QED) is 0.0487. The molecule has 0 heterocycles. The lowest BCUT2D eigenvalue weighted by Gasteiger charge is -2.14. The van der Waals surface area contributed by atoms with Gasteiger partial charge in [0.1, 0.15) is 0 Å². The van der Waals surface area contributed by atoms with Crippen molar-refractivity contribution in [2.75, 3.05) is 47.4 Å². The fourth-order valence-electron chi connectivity index (χ4n) is 6.74. The van der Waals surface area contributed by atoms with Gasteiger partial charge in [0.05, 0.1) is 26.1 Å². The van der Waals surface area contributed by atoms with E-state index in [1.165, 1.54) is 185 Å². The molecule has 0 aromatic heterocycles. The van der Waals surface area contributed by atoms with Crippen LogP contribution in [-0.2, 0) is 19.1 Å². The lowest BCUT2D eigenvalue weighted by atomic mass is 10.0. The Morgan fingerprint density at radius 3 is 0.873 bits per heavy atom. The van der Waals surface area contributed by atoms with E-state index in [0.717, 1.165) is 38.6 Å². The van der Waals surface area contributed by atoms with E-state index in [-0.39, 0.29) is 24.8 Å². The number of carbonyl (C=O) groups is 3. The molecule has 1 N–H and O–H groups in total. The summed E-state index contributed by atoms with van der Waals surface area (Å²) < 4.78 is 10.6. The van der Waals surface area contributed by atoms with Crippen molar-refractivity contribution < 1.29 is 29.0 Å². The maximum absolute atomic E-state index is 11.9. The van der Waals surface area contributed by atoms with Crippen LogP contribution < -0.4 is 0 Å². The van der Waals surface area contributed by atoms with Gasteiger partial charge >= 0.3 is 18.0 Å². The van der Waals surface area contributed by atoms with Crippen LogP contribution in [0.4, 0.5) is 4.79 Å². The third-order valence-corrected chi connectivity index (χ3v) is 10.5. The molecule has 0 aromatic carbocycles. The molecule has 0 unspecified atom stereocenters. The Hall–Kier alpha value is -1.83. The van der Waals surface area contributed by atoms with Gasteiger partial charge in [-0.2, -0.15) is 0 Å². The standard InChI is InChI=1S/C40H78O4.C7H16N2O2/c1-3-5-7-9-11-13-15-17-19-21-23-25-27-29-31-33-37-43-39(41)35-36-40(42)44-38-34-32-30-28-26-24-22-20-18-16-14-12-10-8-6-4-2;1-8(2)5-4-6-9(3)7(10)11/h3-38H2,1-2H3;4-6H2,1-3H3,(H,10,11). The zero-order valence-corrected chi connectivity index (χ0v) is 37.5. The van der Waals surface area contributed by atoms with Crippen LogP contribution in [0.3, 0.4) is 0 Å². The lowest BCUT2D eigenvalue weighted by molar-refractivity contribution is -0.150. The molecule has 0 aliphatic carbocycles. The molecule has 0 saturated heterocycles. The molecule has 0 fully saturated rings. The number of hydrogen-bond donors (Lipinski definition) is 1. The monoisotopic (exact) mass is 783 g/mol. The molecular formula is C47H94N2O6. The van der Waals surface area contributed by atoms with E-state index in [0.29, 0.717) is 19.8 Å². The molecule has 1 amide bonds. The van der Waals surface area contributed by atoms with Crippen molar-refractivity contribution in [2.24, 2.45) is 0 Å². The first kappa shape index (κ1) is 55.3. The number of ether oxygens (including phenoxy) is 2. The van der Waals surface area contributed by atoms with E-state index in [9.17, 15) is 14.4 Å². The molecule has 0 spiro atoms. The Morgan fingerprint density at radius 2 is 0.636 bits per heavy atom. The van der Waals surface area contributed by atoms with Crippen LogP contribution in [0.1, 0.15) is 239 Å². The summed E-state index contributed by atoms with van der Waals surface area (Å²) in [6.45, 7) is 7.05. The summed E-state index contributed by atoms with van der Waals surface area (Å²) in [5, 5.41) is 8.46. The van der Waals surface area contributed by atoms with E-state index >= 15 is 0 Å². The highest BCUT2D eigenvalue weighted by atomic mass is 16.5. The van der Waals surface area contributed by atoms with E-state index in [1.54, 1.807) is 7.05 Å². The van der Waals surface area contributed by atoms with Crippen molar-refractivity contribution in [1.29, 1.82) is 0 Å². The maximum atomic E-state index is 11.9. The number of nitrogens with zero attached hydrogens (tertiary/aromatic N) is 2. The lowest BCUT2D eigenvalue weighted by Crippen LogP contribution is -2.28. The SMILES string of the molecule is CCCCCCCCCCCCCCCCCCOC(=O)CCC(=O)OCCCCCCCCCCCCCCCCCC.CN(C)CCCN(C)C(=O)O. The van der Waals surface area contributed by atoms with Gasteiger partial charge in [-0.3, -0.25) is 9.59 Å². The van der Waals surface area contributed by atoms with Gasteiger partial charge in [-0.05, 0) is 39.9 Å². The van der Waals surface area contributed by atoms with Gasteiger partial charge in [-0.25, -0.2) is 4.79 Å². The normalized spacial score (nSPS) is 11.0. The fourth-order valence-corrected chi connectivity index (χ4v) is 6.74. The number of carboxylic acid groups (broad SMARTS) is 1. The highest BCUT2D eigenvalue weighted by Crippen LogP contribution is 2.15. The molecule has 0 aliphatic heterocycles. The van der Waals surface area contributed by atoms with Gasteiger partial charge < -0.3 is 24.4 Å². The second-order valence-electron chi connectivity index (χ2n) is 16.4. The number of rotatable bonds is 41. The van der Waals surface area contributed by atoms with E-state index < -0.39 is 6.09 Å². The Balaban J connectivity index is 0. The average Bonchev–Trinajstić information content (AvgIpc) is 3.16. The fraction of sp³-hybridized carbons (Fsp3) is 0.936. The Bertz CT molecular complexity index is 758. The molecule has 55 heavy (non-hydrogen) atoms. The van der Waals surface area contributed by atoms with Gasteiger partial charge in [0.15, 0.2) is 0 Å². The number of esters is 2. The molecule has 0 saturated carbocycles. The first-order valence-corrected chi connectivity index (χ1v) is 23.6. The molecule has 8 nitrogen and oxygen atoms in total. The topological polar surface area (TPSA) is 96.4 Å². The van der Waals surface area contributed by atoms with Crippen molar-refractivity contribution in [3.63, 3.8) is 0 Å². The molecule has 0 rings (SSSR count). The molecule has 0 bridgehead atoms. The Kier molecular flexibility index (Phi) is 46.8. The minimum absolute atomic E-state index is 0.136. The first-order chi connectivity index (χ1) is 26.7. The second kappa shape index (κ2) is 46.6. The molecule has 8 heteroatoms. The van der Waals surface area contributed by atoms with Crippen molar-refractivity contribution in [2.45, 2.75) is 239 Å². The highest BCUT2D eigenvalue weighted by molar-refractivity contribution is 5.77. The zero-order valence-electron chi connectivity index (χ0n) is 37.5. The second-order valence-corrected chi connectivity index (χ2v) is 16.4. The van der Waals surface area contributed by atoms with E-state index in [2.05, 4.69) is 13.8 Å². The van der Waals surface area contributed by atoms with E-state index in [4.69, 9.17) is 14.6 Å². The summed E-state index contributed by atoms with van der Waals surface area (Å²) in [4.78, 5) is 37.4. The largest absolute Gasteiger partial charge is 0.466 e. The van der Waals surface area contributed by atoms with Crippen LogP contribution in [0.15, 0.2) is 0 Å². The minimum atomic E-state index is -0.858. The van der Waals surface area contributed by atoms with Crippen molar-refractivity contribution >= 4 is 18.0 Å². The summed E-state index contributed by atoms with van der Waals surface area (Å²) in [7, 11) is 5.53. The summed E-state index contributed by atoms with van der Waals surface area (Å²) in [6.07, 6.45) is 43.0. The van der Waals surface area contributed by atoms with Gasteiger partial charge in [0.25, 0.3) is 0 Å². The number of amides is 1. The van der Waals surface area contributed by atoms with Crippen LogP contribution >= 0.6 is 0 Å². The zero-order chi connectivity index (χ0) is 40.9.